The van der Waals surface area contributed by atoms with Crippen LogP contribution in [0.15, 0.2) is 48.5 Å². The van der Waals surface area contributed by atoms with E-state index in [0.29, 0.717) is 17.1 Å². The van der Waals surface area contributed by atoms with E-state index in [0.717, 1.165) is 43.0 Å². The first-order valence-electron chi connectivity index (χ1n) is 9.70. The molecule has 2 heterocycles. The Balaban J connectivity index is 1.50. The summed E-state index contributed by atoms with van der Waals surface area (Å²) in [6.07, 6.45) is 2.36. The van der Waals surface area contributed by atoms with Gasteiger partial charge in [0, 0.05) is 24.6 Å². The molecular formula is C22H24N4O3. The van der Waals surface area contributed by atoms with Gasteiger partial charge in [0.1, 0.15) is 22.9 Å². The molecule has 0 aliphatic carbocycles. The third-order valence-electron chi connectivity index (χ3n) is 5.27. The van der Waals surface area contributed by atoms with Gasteiger partial charge >= 0.3 is 0 Å². The second kappa shape index (κ2) is 8.34. The van der Waals surface area contributed by atoms with Crippen molar-refractivity contribution in [1.29, 1.82) is 0 Å². The third kappa shape index (κ3) is 3.81. The van der Waals surface area contributed by atoms with E-state index in [4.69, 9.17) is 9.47 Å². The zero-order chi connectivity index (χ0) is 20.2. The summed E-state index contributed by atoms with van der Waals surface area (Å²) in [5.41, 5.74) is 1.47. The molecule has 2 aromatic carbocycles. The number of hydrogen-bond acceptors (Lipinski definition) is 5. The van der Waals surface area contributed by atoms with Gasteiger partial charge in [-0.05, 0) is 25.0 Å². The molecule has 1 aliphatic rings. The Hall–Kier alpha value is -3.35. The Labute approximate surface area is 169 Å². The van der Waals surface area contributed by atoms with Crippen LogP contribution in [-0.4, -0.2) is 40.9 Å². The molecule has 7 heteroatoms. The molecular weight excluding hydrogens is 368 g/mol. The van der Waals surface area contributed by atoms with E-state index in [2.05, 4.69) is 20.1 Å². The summed E-state index contributed by atoms with van der Waals surface area (Å²) in [5.74, 6) is 2.64. The molecule has 1 atom stereocenters. The highest BCUT2D eigenvalue weighted by Gasteiger charge is 2.25. The fourth-order valence-corrected chi connectivity index (χ4v) is 3.77. The Morgan fingerprint density at radius 2 is 1.72 bits per heavy atom. The lowest BCUT2D eigenvalue weighted by molar-refractivity contribution is 0.0926. The molecule has 0 radical (unpaired) electrons. The van der Waals surface area contributed by atoms with Crippen molar-refractivity contribution in [3.8, 4) is 22.9 Å². The third-order valence-corrected chi connectivity index (χ3v) is 5.27. The highest BCUT2D eigenvalue weighted by atomic mass is 16.5. The summed E-state index contributed by atoms with van der Waals surface area (Å²) >= 11 is 0. The molecule has 3 aromatic rings. The average molecular weight is 392 g/mol. The summed E-state index contributed by atoms with van der Waals surface area (Å²) in [5, 5.41) is 11.9. The number of carbonyl (C=O) groups is 1. The molecule has 0 fully saturated rings. The maximum absolute atomic E-state index is 13.0. The predicted octanol–water partition coefficient (Wildman–Crippen LogP) is 3.10. The van der Waals surface area contributed by atoms with Gasteiger partial charge in [-0.3, -0.25) is 4.79 Å². The number of nitrogens with zero attached hydrogens (tertiary/aromatic N) is 3. The van der Waals surface area contributed by atoms with Crippen LogP contribution in [0.3, 0.4) is 0 Å². The molecule has 29 heavy (non-hydrogen) atoms. The quantitative estimate of drug-likeness (QED) is 0.722. The number of fused-ring (bicyclic) bond motifs is 1. The molecule has 1 N–H and O–H groups in total. The van der Waals surface area contributed by atoms with Crippen LogP contribution >= 0.6 is 0 Å². The van der Waals surface area contributed by atoms with Crippen LogP contribution in [0.2, 0.25) is 0 Å². The van der Waals surface area contributed by atoms with E-state index in [9.17, 15) is 4.79 Å². The van der Waals surface area contributed by atoms with Crippen LogP contribution in [0.1, 0.15) is 29.0 Å². The van der Waals surface area contributed by atoms with Crippen LogP contribution in [-0.2, 0) is 13.0 Å². The van der Waals surface area contributed by atoms with Crippen molar-refractivity contribution in [3.05, 3.63) is 59.9 Å². The molecule has 0 spiro atoms. The minimum absolute atomic E-state index is 0.0300. The maximum atomic E-state index is 13.0. The smallest absolute Gasteiger partial charge is 0.259 e. The summed E-state index contributed by atoms with van der Waals surface area (Å²) in [4.78, 5) is 13.0. The van der Waals surface area contributed by atoms with Gasteiger partial charge in [-0.25, -0.2) is 0 Å². The minimum Gasteiger partial charge on any atom is -0.496 e. The molecule has 7 nitrogen and oxygen atoms in total. The lowest BCUT2D eigenvalue weighted by Gasteiger charge is -2.18. The topological polar surface area (TPSA) is 78.3 Å². The number of rotatable bonds is 5. The van der Waals surface area contributed by atoms with E-state index in [1.54, 1.807) is 32.4 Å². The Morgan fingerprint density at radius 1 is 1.00 bits per heavy atom. The number of carbonyl (C=O) groups excluding carboxylic acids is 1. The van der Waals surface area contributed by atoms with Crippen LogP contribution in [0.4, 0.5) is 0 Å². The van der Waals surface area contributed by atoms with E-state index < -0.39 is 0 Å². The summed E-state index contributed by atoms with van der Waals surface area (Å²) < 4.78 is 12.9. The molecule has 1 amide bonds. The number of nitrogens with one attached hydrogen (secondary N) is 1. The molecule has 0 saturated heterocycles. The van der Waals surface area contributed by atoms with Gasteiger partial charge in [0.05, 0.1) is 14.2 Å². The highest BCUT2D eigenvalue weighted by molar-refractivity contribution is 5.99. The van der Waals surface area contributed by atoms with Crippen molar-refractivity contribution in [2.75, 3.05) is 14.2 Å². The number of hydrogen-bond donors (Lipinski definition) is 1. The number of amides is 1. The molecule has 1 aliphatic heterocycles. The molecule has 150 valence electrons. The predicted molar refractivity (Wildman–Crippen MR) is 109 cm³/mol. The first-order valence-corrected chi connectivity index (χ1v) is 9.70. The fourth-order valence-electron chi connectivity index (χ4n) is 3.77. The van der Waals surface area contributed by atoms with Gasteiger partial charge in [-0.15, -0.1) is 10.2 Å². The number of methoxy groups -OCH3 is 2. The fraction of sp³-hybridized carbons (Fsp3) is 0.318. The Morgan fingerprint density at radius 3 is 2.41 bits per heavy atom. The first kappa shape index (κ1) is 19.0. The number of aromatic nitrogens is 3. The standard InChI is InChI=1S/C22H24N4O3/c1-28-17-9-6-10-18(29-2)20(17)22(27)23-16-11-12-19-24-25-21(26(19)14-13-16)15-7-4-3-5-8-15/h3-10,16H,11-14H2,1-2H3,(H,23,27). The summed E-state index contributed by atoms with van der Waals surface area (Å²) in [6.45, 7) is 0.751. The van der Waals surface area contributed by atoms with Crippen molar-refractivity contribution in [2.45, 2.75) is 31.8 Å². The minimum atomic E-state index is -0.190. The Kier molecular flexibility index (Phi) is 5.46. The van der Waals surface area contributed by atoms with E-state index in [1.807, 2.05) is 30.3 Å². The molecule has 1 unspecified atom stereocenters. The normalized spacial score (nSPS) is 15.9. The number of aryl methyl sites for hydroxylation is 1. The first-order chi connectivity index (χ1) is 14.2. The second-order valence-electron chi connectivity index (χ2n) is 6.99. The largest absolute Gasteiger partial charge is 0.496 e. The number of benzene rings is 2. The van der Waals surface area contributed by atoms with Gasteiger partial charge in [-0.1, -0.05) is 36.4 Å². The SMILES string of the molecule is COc1cccc(OC)c1C(=O)NC1CCc2nnc(-c3ccccc3)n2CC1. The lowest BCUT2D eigenvalue weighted by Crippen LogP contribution is -2.35. The lowest BCUT2D eigenvalue weighted by atomic mass is 10.1. The van der Waals surface area contributed by atoms with Crippen LogP contribution in [0.25, 0.3) is 11.4 Å². The summed E-state index contributed by atoms with van der Waals surface area (Å²) in [6, 6.07) is 15.4. The molecule has 4 rings (SSSR count). The van der Waals surface area contributed by atoms with Crippen molar-refractivity contribution >= 4 is 5.91 Å². The van der Waals surface area contributed by atoms with Gasteiger partial charge in [0.25, 0.3) is 5.91 Å². The molecule has 0 bridgehead atoms. The van der Waals surface area contributed by atoms with Crippen molar-refractivity contribution in [3.63, 3.8) is 0 Å². The highest BCUT2D eigenvalue weighted by Crippen LogP contribution is 2.29. The Bertz CT molecular complexity index is 978. The van der Waals surface area contributed by atoms with Crippen molar-refractivity contribution in [2.24, 2.45) is 0 Å². The van der Waals surface area contributed by atoms with Crippen LogP contribution < -0.4 is 14.8 Å². The maximum Gasteiger partial charge on any atom is 0.259 e. The van der Waals surface area contributed by atoms with E-state index >= 15 is 0 Å². The van der Waals surface area contributed by atoms with Gasteiger partial charge in [0.2, 0.25) is 0 Å². The van der Waals surface area contributed by atoms with Gasteiger partial charge in [0.15, 0.2) is 5.82 Å². The molecule has 1 aromatic heterocycles. The second-order valence-corrected chi connectivity index (χ2v) is 6.99. The van der Waals surface area contributed by atoms with Gasteiger partial charge in [-0.2, -0.15) is 0 Å². The van der Waals surface area contributed by atoms with Crippen LogP contribution in [0, 0.1) is 0 Å². The van der Waals surface area contributed by atoms with Crippen molar-refractivity contribution in [1.82, 2.24) is 20.1 Å². The monoisotopic (exact) mass is 392 g/mol. The summed E-state index contributed by atoms with van der Waals surface area (Å²) in [7, 11) is 3.10. The van der Waals surface area contributed by atoms with Crippen LogP contribution in [0.5, 0.6) is 11.5 Å². The van der Waals surface area contributed by atoms with E-state index in [-0.39, 0.29) is 11.9 Å². The zero-order valence-electron chi connectivity index (χ0n) is 16.6. The average Bonchev–Trinajstić information content (AvgIpc) is 3.08. The van der Waals surface area contributed by atoms with Gasteiger partial charge < -0.3 is 19.4 Å². The molecule has 0 saturated carbocycles. The zero-order valence-corrected chi connectivity index (χ0v) is 16.6. The number of ether oxygens (including phenoxy) is 2. The van der Waals surface area contributed by atoms with E-state index in [1.165, 1.54) is 0 Å². The van der Waals surface area contributed by atoms with Crippen molar-refractivity contribution < 1.29 is 14.3 Å².